The van der Waals surface area contributed by atoms with Gasteiger partial charge in [0.05, 0.1) is 11.6 Å². The standard InChI is InChI=1S/C9H9ClN6O/c1-5(8-13-4-14-16-8)15-9-6(2-17)7(10)11-3-12-9/h2-5H,1H3,(H,11,12,15)(H,13,14,16). The molecule has 0 radical (unpaired) electrons. The summed E-state index contributed by atoms with van der Waals surface area (Å²) < 4.78 is 0. The summed E-state index contributed by atoms with van der Waals surface area (Å²) in [5, 5.41) is 9.58. The van der Waals surface area contributed by atoms with Crippen LogP contribution >= 0.6 is 11.6 Å². The lowest BCUT2D eigenvalue weighted by molar-refractivity contribution is 0.112. The van der Waals surface area contributed by atoms with Crippen molar-refractivity contribution >= 4 is 23.7 Å². The Morgan fingerprint density at radius 2 is 2.24 bits per heavy atom. The van der Waals surface area contributed by atoms with Gasteiger partial charge in [0.15, 0.2) is 6.29 Å². The molecule has 2 N–H and O–H groups in total. The van der Waals surface area contributed by atoms with Gasteiger partial charge >= 0.3 is 0 Å². The van der Waals surface area contributed by atoms with Crippen molar-refractivity contribution < 1.29 is 4.79 Å². The molecule has 0 bridgehead atoms. The lowest BCUT2D eigenvalue weighted by Crippen LogP contribution is -2.12. The molecule has 2 rings (SSSR count). The molecule has 17 heavy (non-hydrogen) atoms. The molecule has 2 heterocycles. The first kappa shape index (κ1) is 11.5. The number of rotatable bonds is 4. The van der Waals surface area contributed by atoms with Gasteiger partial charge in [0.2, 0.25) is 0 Å². The highest BCUT2D eigenvalue weighted by Gasteiger charge is 2.13. The molecule has 0 saturated carbocycles. The number of carbonyl (C=O) groups excluding carboxylic acids is 1. The monoisotopic (exact) mass is 252 g/mol. The number of halogens is 1. The Morgan fingerprint density at radius 3 is 2.88 bits per heavy atom. The molecule has 88 valence electrons. The number of H-pyrrole nitrogens is 1. The molecule has 1 atom stereocenters. The van der Waals surface area contributed by atoms with E-state index in [-0.39, 0.29) is 16.8 Å². The predicted molar refractivity (Wildman–Crippen MR) is 60.8 cm³/mol. The minimum atomic E-state index is -0.179. The zero-order valence-corrected chi connectivity index (χ0v) is 9.64. The van der Waals surface area contributed by atoms with E-state index in [1.165, 1.54) is 12.7 Å². The third-order valence-corrected chi connectivity index (χ3v) is 2.45. The Bertz CT molecular complexity index is 514. The van der Waals surface area contributed by atoms with Crippen molar-refractivity contribution in [2.45, 2.75) is 13.0 Å². The maximum absolute atomic E-state index is 10.9. The molecule has 7 nitrogen and oxygen atoms in total. The van der Waals surface area contributed by atoms with E-state index in [0.29, 0.717) is 17.9 Å². The van der Waals surface area contributed by atoms with Gasteiger partial charge in [0.25, 0.3) is 0 Å². The van der Waals surface area contributed by atoms with Gasteiger partial charge in [-0.25, -0.2) is 15.0 Å². The number of hydrogen-bond acceptors (Lipinski definition) is 6. The summed E-state index contributed by atoms with van der Waals surface area (Å²) in [7, 11) is 0. The van der Waals surface area contributed by atoms with E-state index in [4.69, 9.17) is 11.6 Å². The Balaban J connectivity index is 2.24. The second-order valence-corrected chi connectivity index (χ2v) is 3.64. The van der Waals surface area contributed by atoms with Crippen LogP contribution in [-0.4, -0.2) is 31.4 Å². The maximum Gasteiger partial charge on any atom is 0.156 e. The third-order valence-electron chi connectivity index (χ3n) is 2.15. The zero-order chi connectivity index (χ0) is 12.3. The molecule has 0 amide bonds. The molecule has 0 fully saturated rings. The summed E-state index contributed by atoms with van der Waals surface area (Å²) in [6.07, 6.45) is 3.30. The Hall–Kier alpha value is -2.02. The molecule has 0 saturated heterocycles. The average molecular weight is 253 g/mol. The van der Waals surface area contributed by atoms with Gasteiger partial charge in [-0.05, 0) is 6.92 Å². The summed E-state index contributed by atoms with van der Waals surface area (Å²) in [6.45, 7) is 1.85. The van der Waals surface area contributed by atoms with Crippen molar-refractivity contribution in [2.24, 2.45) is 0 Å². The van der Waals surface area contributed by atoms with Gasteiger partial charge in [0.1, 0.15) is 29.5 Å². The lowest BCUT2D eigenvalue weighted by Gasteiger charge is -2.12. The van der Waals surface area contributed by atoms with E-state index >= 15 is 0 Å². The van der Waals surface area contributed by atoms with E-state index < -0.39 is 0 Å². The van der Waals surface area contributed by atoms with Crippen LogP contribution in [0.1, 0.15) is 29.1 Å². The van der Waals surface area contributed by atoms with Crippen molar-refractivity contribution in [3.63, 3.8) is 0 Å². The molecule has 0 aliphatic rings. The minimum Gasteiger partial charge on any atom is -0.360 e. The maximum atomic E-state index is 10.9. The number of carbonyl (C=O) groups is 1. The van der Waals surface area contributed by atoms with Gasteiger partial charge in [-0.2, -0.15) is 5.10 Å². The van der Waals surface area contributed by atoms with Gasteiger partial charge in [-0.15, -0.1) is 0 Å². The Morgan fingerprint density at radius 1 is 1.41 bits per heavy atom. The quantitative estimate of drug-likeness (QED) is 0.628. The van der Waals surface area contributed by atoms with Gasteiger partial charge < -0.3 is 5.32 Å². The summed E-state index contributed by atoms with van der Waals surface area (Å²) in [5.41, 5.74) is 0.223. The Labute approximate surface area is 102 Å². The zero-order valence-electron chi connectivity index (χ0n) is 8.88. The number of aromatic amines is 1. The van der Waals surface area contributed by atoms with Crippen LogP contribution in [-0.2, 0) is 0 Å². The first-order valence-electron chi connectivity index (χ1n) is 4.80. The molecule has 8 heteroatoms. The number of anilines is 1. The van der Waals surface area contributed by atoms with E-state index in [0.717, 1.165) is 0 Å². The van der Waals surface area contributed by atoms with Crippen LogP contribution in [0.5, 0.6) is 0 Å². The summed E-state index contributed by atoms with van der Waals surface area (Å²) in [6, 6.07) is -0.179. The fourth-order valence-corrected chi connectivity index (χ4v) is 1.47. The SMILES string of the molecule is CC(Nc1ncnc(Cl)c1C=O)c1ncn[nH]1. The molecule has 2 aromatic heterocycles. The van der Waals surface area contributed by atoms with Gasteiger partial charge in [0, 0.05) is 0 Å². The smallest absolute Gasteiger partial charge is 0.156 e. The van der Waals surface area contributed by atoms with Crippen molar-refractivity contribution in [3.8, 4) is 0 Å². The second kappa shape index (κ2) is 4.88. The van der Waals surface area contributed by atoms with Crippen molar-refractivity contribution in [3.05, 3.63) is 29.2 Å². The number of aromatic nitrogens is 5. The van der Waals surface area contributed by atoms with Gasteiger partial charge in [-0.1, -0.05) is 11.6 Å². The minimum absolute atomic E-state index is 0.113. The van der Waals surface area contributed by atoms with Crippen LogP contribution in [0.25, 0.3) is 0 Å². The van der Waals surface area contributed by atoms with E-state index in [9.17, 15) is 4.79 Å². The van der Waals surface area contributed by atoms with Crippen molar-refractivity contribution in [1.82, 2.24) is 25.1 Å². The van der Waals surface area contributed by atoms with Crippen molar-refractivity contribution in [1.29, 1.82) is 0 Å². The normalized spacial score (nSPS) is 12.1. The summed E-state index contributed by atoms with van der Waals surface area (Å²) >= 11 is 5.78. The van der Waals surface area contributed by atoms with Crippen LogP contribution in [0.15, 0.2) is 12.7 Å². The highest BCUT2D eigenvalue weighted by Crippen LogP contribution is 2.21. The van der Waals surface area contributed by atoms with Gasteiger partial charge in [-0.3, -0.25) is 9.89 Å². The first-order chi connectivity index (χ1) is 8.22. The van der Waals surface area contributed by atoms with Crippen LogP contribution in [0.2, 0.25) is 5.15 Å². The fourth-order valence-electron chi connectivity index (χ4n) is 1.29. The molecule has 0 aliphatic heterocycles. The van der Waals surface area contributed by atoms with Crippen LogP contribution in [0.4, 0.5) is 5.82 Å². The highest BCUT2D eigenvalue weighted by atomic mass is 35.5. The molecule has 0 aromatic carbocycles. The fraction of sp³-hybridized carbons (Fsp3) is 0.222. The molecule has 2 aromatic rings. The van der Waals surface area contributed by atoms with E-state index in [1.54, 1.807) is 0 Å². The van der Waals surface area contributed by atoms with E-state index in [1.807, 2.05) is 6.92 Å². The number of hydrogen-bond donors (Lipinski definition) is 2. The molecular formula is C9H9ClN6O. The lowest BCUT2D eigenvalue weighted by atomic mass is 10.3. The van der Waals surface area contributed by atoms with E-state index in [2.05, 4.69) is 30.5 Å². The Kier molecular flexibility index (Phi) is 3.29. The predicted octanol–water partition coefficient (Wildman–Crippen LogP) is 1.23. The summed E-state index contributed by atoms with van der Waals surface area (Å²) in [5.74, 6) is 1.00. The van der Waals surface area contributed by atoms with Crippen molar-refractivity contribution in [2.75, 3.05) is 5.32 Å². The average Bonchev–Trinajstić information content (AvgIpc) is 2.82. The largest absolute Gasteiger partial charge is 0.360 e. The highest BCUT2D eigenvalue weighted by molar-refractivity contribution is 6.32. The molecular weight excluding hydrogens is 244 g/mol. The number of aldehydes is 1. The summed E-state index contributed by atoms with van der Waals surface area (Å²) in [4.78, 5) is 22.6. The number of nitrogens with zero attached hydrogens (tertiary/aromatic N) is 4. The molecule has 0 aliphatic carbocycles. The first-order valence-corrected chi connectivity index (χ1v) is 5.17. The molecule has 0 spiro atoms. The topological polar surface area (TPSA) is 96.5 Å². The third kappa shape index (κ3) is 2.39. The number of nitrogens with one attached hydrogen (secondary N) is 2. The van der Waals surface area contributed by atoms with Crippen LogP contribution < -0.4 is 5.32 Å². The van der Waals surface area contributed by atoms with Crippen LogP contribution in [0, 0.1) is 0 Å². The van der Waals surface area contributed by atoms with Crippen LogP contribution in [0.3, 0.4) is 0 Å². The second-order valence-electron chi connectivity index (χ2n) is 3.28. The molecule has 1 unspecified atom stereocenters.